The van der Waals surface area contributed by atoms with E-state index >= 15 is 0 Å². The summed E-state index contributed by atoms with van der Waals surface area (Å²) in [5, 5.41) is 0. The van der Waals surface area contributed by atoms with Gasteiger partial charge in [-0.2, -0.15) is 13.2 Å². The van der Waals surface area contributed by atoms with Gasteiger partial charge in [-0.3, -0.25) is 0 Å². The molecular weight excluding hydrogens is 141 g/mol. The van der Waals surface area contributed by atoms with Crippen molar-refractivity contribution < 1.29 is 13.2 Å². The fourth-order valence-corrected chi connectivity index (χ4v) is 0.474. The van der Waals surface area contributed by atoms with Crippen LogP contribution in [0, 0.1) is 5.92 Å². The van der Waals surface area contributed by atoms with Gasteiger partial charge < -0.3 is 0 Å². The average Bonchev–Trinajstić information content (AvgIpc) is 1.80. The summed E-state index contributed by atoms with van der Waals surface area (Å²) >= 11 is 0. The lowest BCUT2D eigenvalue weighted by Gasteiger charge is -2.12. The molecule has 0 rings (SSSR count). The summed E-state index contributed by atoms with van der Waals surface area (Å²) in [5.74, 6) is -1.22. The molecule has 3 heteroatoms. The number of allylic oxidation sites excluding steroid dienone is 2. The van der Waals surface area contributed by atoms with Gasteiger partial charge in [0.15, 0.2) is 0 Å². The molecule has 0 radical (unpaired) electrons. The number of hydrogen-bond acceptors (Lipinski definition) is 0. The van der Waals surface area contributed by atoms with Crippen LogP contribution in [-0.2, 0) is 0 Å². The second-order valence-electron chi connectivity index (χ2n) is 2.25. The van der Waals surface area contributed by atoms with Crippen molar-refractivity contribution in [1.29, 1.82) is 0 Å². The maximum absolute atomic E-state index is 11.7. The van der Waals surface area contributed by atoms with Crippen LogP contribution in [0.5, 0.6) is 0 Å². The second-order valence-corrected chi connectivity index (χ2v) is 2.25. The number of rotatable bonds is 2. The summed E-state index contributed by atoms with van der Waals surface area (Å²) in [6, 6.07) is 0. The molecule has 0 spiro atoms. The highest BCUT2D eigenvalue weighted by atomic mass is 19.4. The van der Waals surface area contributed by atoms with Crippen LogP contribution in [0.15, 0.2) is 12.2 Å². The molecule has 0 bridgehead atoms. The van der Waals surface area contributed by atoms with Crippen molar-refractivity contribution in [2.45, 2.75) is 26.4 Å². The minimum absolute atomic E-state index is 0.0833. The fourth-order valence-electron chi connectivity index (χ4n) is 0.474. The monoisotopic (exact) mass is 152 g/mol. The molecule has 0 aromatic rings. The first kappa shape index (κ1) is 9.53. The van der Waals surface area contributed by atoms with E-state index in [1.54, 1.807) is 13.0 Å². The average molecular weight is 152 g/mol. The highest BCUT2D eigenvalue weighted by Crippen LogP contribution is 2.28. The molecule has 0 N–H and O–H groups in total. The van der Waals surface area contributed by atoms with E-state index in [2.05, 4.69) is 0 Å². The van der Waals surface area contributed by atoms with Gasteiger partial charge in [0.05, 0.1) is 5.92 Å². The molecule has 0 saturated carbocycles. The fraction of sp³-hybridized carbons (Fsp3) is 0.714. The molecule has 0 aliphatic rings. The molecule has 0 unspecified atom stereocenters. The van der Waals surface area contributed by atoms with Crippen LogP contribution in [-0.4, -0.2) is 6.18 Å². The van der Waals surface area contributed by atoms with Gasteiger partial charge in [-0.25, -0.2) is 0 Å². The van der Waals surface area contributed by atoms with Crippen molar-refractivity contribution >= 4 is 0 Å². The third-order valence-corrected chi connectivity index (χ3v) is 1.28. The van der Waals surface area contributed by atoms with Gasteiger partial charge in [0.25, 0.3) is 0 Å². The van der Waals surface area contributed by atoms with Crippen molar-refractivity contribution in [3.05, 3.63) is 12.2 Å². The molecular formula is C7H11F3. The first-order valence-corrected chi connectivity index (χ1v) is 3.16. The van der Waals surface area contributed by atoms with E-state index in [0.717, 1.165) is 0 Å². The van der Waals surface area contributed by atoms with Gasteiger partial charge in [-0.05, 0) is 13.3 Å². The van der Waals surface area contributed by atoms with Crippen LogP contribution in [0.25, 0.3) is 0 Å². The Hall–Kier alpha value is -0.470. The SMILES string of the molecule is C/C=C\C[C@H](C)C(F)(F)F. The maximum atomic E-state index is 11.7. The molecule has 0 nitrogen and oxygen atoms in total. The molecule has 60 valence electrons. The number of alkyl halides is 3. The van der Waals surface area contributed by atoms with Gasteiger partial charge >= 0.3 is 6.18 Å². The van der Waals surface area contributed by atoms with Gasteiger partial charge in [0, 0.05) is 0 Å². The summed E-state index contributed by atoms with van der Waals surface area (Å²) < 4.78 is 35.2. The first-order chi connectivity index (χ1) is 4.48. The van der Waals surface area contributed by atoms with Crippen molar-refractivity contribution in [1.82, 2.24) is 0 Å². The van der Waals surface area contributed by atoms with Crippen molar-refractivity contribution in [2.24, 2.45) is 5.92 Å². The Bertz CT molecular complexity index is 113. The Morgan fingerprint density at radius 3 is 2.20 bits per heavy atom. The van der Waals surface area contributed by atoms with Crippen LogP contribution < -0.4 is 0 Å². The first-order valence-electron chi connectivity index (χ1n) is 3.16. The zero-order valence-electron chi connectivity index (χ0n) is 6.07. The third-order valence-electron chi connectivity index (χ3n) is 1.28. The smallest absolute Gasteiger partial charge is 0.171 e. The van der Waals surface area contributed by atoms with Crippen LogP contribution >= 0.6 is 0 Å². The van der Waals surface area contributed by atoms with Gasteiger partial charge in [-0.1, -0.05) is 19.1 Å². The predicted molar refractivity (Wildman–Crippen MR) is 34.6 cm³/mol. The normalized spacial score (nSPS) is 16.1. The van der Waals surface area contributed by atoms with Gasteiger partial charge in [-0.15, -0.1) is 0 Å². The number of hydrogen-bond donors (Lipinski definition) is 0. The summed E-state index contributed by atoms with van der Waals surface area (Å²) in [6.45, 7) is 2.89. The lowest BCUT2D eigenvalue weighted by Crippen LogP contribution is -2.18. The molecule has 0 amide bonds. The molecule has 1 atom stereocenters. The molecule has 0 saturated heterocycles. The molecule has 0 aliphatic carbocycles. The summed E-state index contributed by atoms with van der Waals surface area (Å²) in [6.07, 6.45) is -0.806. The van der Waals surface area contributed by atoms with Crippen LogP contribution in [0.3, 0.4) is 0 Å². The highest BCUT2D eigenvalue weighted by molar-refractivity contribution is 4.81. The Kier molecular flexibility index (Phi) is 3.47. The standard InChI is InChI=1S/C7H11F3/c1-3-4-5-6(2)7(8,9)10/h3-4,6H,5H2,1-2H3/b4-3-/t6-/m0/s1. The minimum Gasteiger partial charge on any atom is -0.171 e. The van der Waals surface area contributed by atoms with Crippen molar-refractivity contribution in [2.75, 3.05) is 0 Å². The van der Waals surface area contributed by atoms with E-state index < -0.39 is 12.1 Å². The van der Waals surface area contributed by atoms with E-state index in [1.165, 1.54) is 13.0 Å². The molecule has 10 heavy (non-hydrogen) atoms. The van der Waals surface area contributed by atoms with Gasteiger partial charge in [0.1, 0.15) is 0 Å². The summed E-state index contributed by atoms with van der Waals surface area (Å²) in [4.78, 5) is 0. The highest BCUT2D eigenvalue weighted by Gasteiger charge is 2.34. The zero-order valence-corrected chi connectivity index (χ0v) is 6.07. The number of halogens is 3. The predicted octanol–water partition coefficient (Wildman–Crippen LogP) is 3.15. The Morgan fingerprint density at radius 2 is 1.90 bits per heavy atom. The Balaban J connectivity index is 3.73. The van der Waals surface area contributed by atoms with Crippen LogP contribution in [0.2, 0.25) is 0 Å². The van der Waals surface area contributed by atoms with Gasteiger partial charge in [0.2, 0.25) is 0 Å². The maximum Gasteiger partial charge on any atom is 0.391 e. The molecule has 0 heterocycles. The topological polar surface area (TPSA) is 0 Å². The van der Waals surface area contributed by atoms with E-state index in [0.29, 0.717) is 0 Å². The Labute approximate surface area is 58.7 Å². The van der Waals surface area contributed by atoms with Crippen molar-refractivity contribution in [3.8, 4) is 0 Å². The molecule has 0 aliphatic heterocycles. The molecule has 0 aromatic heterocycles. The summed E-state index contributed by atoms with van der Waals surface area (Å²) in [5.41, 5.74) is 0. The van der Waals surface area contributed by atoms with E-state index in [9.17, 15) is 13.2 Å². The third kappa shape index (κ3) is 3.54. The van der Waals surface area contributed by atoms with E-state index in [1.807, 2.05) is 0 Å². The second kappa shape index (κ2) is 3.64. The largest absolute Gasteiger partial charge is 0.391 e. The summed E-state index contributed by atoms with van der Waals surface area (Å²) in [7, 11) is 0. The van der Waals surface area contributed by atoms with Crippen LogP contribution in [0.1, 0.15) is 20.3 Å². The molecule has 0 fully saturated rings. The van der Waals surface area contributed by atoms with Crippen LogP contribution in [0.4, 0.5) is 13.2 Å². The molecule has 0 aromatic carbocycles. The quantitative estimate of drug-likeness (QED) is 0.533. The Morgan fingerprint density at radius 1 is 1.40 bits per heavy atom. The minimum atomic E-state index is -4.04. The lowest BCUT2D eigenvalue weighted by molar-refractivity contribution is -0.168. The lowest BCUT2D eigenvalue weighted by atomic mass is 10.1. The zero-order chi connectivity index (χ0) is 8.20. The van der Waals surface area contributed by atoms with E-state index in [-0.39, 0.29) is 6.42 Å². The van der Waals surface area contributed by atoms with Crippen molar-refractivity contribution in [3.63, 3.8) is 0 Å². The van der Waals surface area contributed by atoms with E-state index in [4.69, 9.17) is 0 Å².